The van der Waals surface area contributed by atoms with E-state index in [0.717, 1.165) is 12.1 Å². The van der Waals surface area contributed by atoms with Crippen molar-refractivity contribution in [3.8, 4) is 0 Å². The number of nitrogens with zero attached hydrogens (tertiary/aromatic N) is 3. The highest BCUT2D eigenvalue weighted by Gasteiger charge is 2.02. The van der Waals surface area contributed by atoms with E-state index in [-0.39, 0.29) is 5.91 Å². The molecule has 0 saturated carbocycles. The molecule has 1 heterocycles. The van der Waals surface area contributed by atoms with Crippen molar-refractivity contribution in [3.63, 3.8) is 0 Å². The first-order valence-electron chi connectivity index (χ1n) is 4.97. The van der Waals surface area contributed by atoms with E-state index < -0.39 is 0 Å². The predicted molar refractivity (Wildman–Crippen MR) is 58.2 cm³/mol. The van der Waals surface area contributed by atoms with Gasteiger partial charge in [0, 0.05) is 38.3 Å². The second-order valence-corrected chi connectivity index (χ2v) is 3.85. The first-order chi connectivity index (χ1) is 7.08. The van der Waals surface area contributed by atoms with E-state index >= 15 is 0 Å². The summed E-state index contributed by atoms with van der Waals surface area (Å²) < 4.78 is 1.72. The zero-order chi connectivity index (χ0) is 11.3. The molecular formula is C10H18N4O. The highest BCUT2D eigenvalue weighted by Crippen LogP contribution is 1.95. The number of rotatable bonds is 5. The van der Waals surface area contributed by atoms with E-state index in [4.69, 9.17) is 0 Å². The van der Waals surface area contributed by atoms with Crippen LogP contribution in [-0.2, 0) is 18.4 Å². The molecule has 0 saturated heterocycles. The number of amides is 1. The molecule has 1 aromatic heterocycles. The third-order valence-corrected chi connectivity index (χ3v) is 2.03. The molecule has 0 unspecified atom stereocenters. The van der Waals surface area contributed by atoms with E-state index in [2.05, 4.69) is 10.4 Å². The van der Waals surface area contributed by atoms with Crippen LogP contribution in [-0.4, -0.2) is 41.2 Å². The molecule has 0 atom stereocenters. The van der Waals surface area contributed by atoms with Crippen LogP contribution < -0.4 is 5.32 Å². The molecule has 0 bridgehead atoms. The minimum Gasteiger partial charge on any atom is -0.352 e. The molecule has 0 fully saturated rings. The average Bonchev–Trinajstić information content (AvgIpc) is 2.58. The Kier molecular flexibility index (Phi) is 4.30. The van der Waals surface area contributed by atoms with Crippen LogP contribution in [0.5, 0.6) is 0 Å². The molecule has 0 spiro atoms. The summed E-state index contributed by atoms with van der Waals surface area (Å²) in [5.41, 5.74) is 1.02. The Labute approximate surface area is 90.1 Å². The molecule has 1 amide bonds. The average molecular weight is 210 g/mol. The standard InChI is InChI=1S/C10H18N4O/c1-13(2)5-4-10(15)11-6-9-7-12-14(3)8-9/h7-8H,4-6H2,1-3H3,(H,11,15). The van der Waals surface area contributed by atoms with Crippen LogP contribution in [0, 0.1) is 0 Å². The molecular weight excluding hydrogens is 192 g/mol. The second kappa shape index (κ2) is 5.50. The van der Waals surface area contributed by atoms with Gasteiger partial charge in [0.15, 0.2) is 0 Å². The Balaban J connectivity index is 2.22. The van der Waals surface area contributed by atoms with E-state index in [1.807, 2.05) is 32.2 Å². The lowest BCUT2D eigenvalue weighted by atomic mass is 10.3. The monoisotopic (exact) mass is 210 g/mol. The van der Waals surface area contributed by atoms with Crippen LogP contribution in [0.4, 0.5) is 0 Å². The second-order valence-electron chi connectivity index (χ2n) is 3.85. The topological polar surface area (TPSA) is 50.2 Å². The number of aryl methyl sites for hydroxylation is 1. The van der Waals surface area contributed by atoms with Crippen LogP contribution in [0.15, 0.2) is 12.4 Å². The minimum absolute atomic E-state index is 0.0764. The Hall–Kier alpha value is -1.36. The van der Waals surface area contributed by atoms with Crippen molar-refractivity contribution in [3.05, 3.63) is 18.0 Å². The normalized spacial score (nSPS) is 10.7. The van der Waals surface area contributed by atoms with E-state index in [0.29, 0.717) is 13.0 Å². The Morgan fingerprint density at radius 2 is 2.33 bits per heavy atom. The van der Waals surface area contributed by atoms with Crippen LogP contribution >= 0.6 is 0 Å². The van der Waals surface area contributed by atoms with Crippen molar-refractivity contribution in [2.75, 3.05) is 20.6 Å². The van der Waals surface area contributed by atoms with E-state index in [1.165, 1.54) is 0 Å². The van der Waals surface area contributed by atoms with Crippen molar-refractivity contribution in [2.24, 2.45) is 7.05 Å². The van der Waals surface area contributed by atoms with Crippen molar-refractivity contribution in [1.29, 1.82) is 0 Å². The lowest BCUT2D eigenvalue weighted by Gasteiger charge is -2.08. The van der Waals surface area contributed by atoms with Gasteiger partial charge in [-0.3, -0.25) is 9.48 Å². The lowest BCUT2D eigenvalue weighted by molar-refractivity contribution is -0.121. The molecule has 0 aromatic carbocycles. The first-order valence-corrected chi connectivity index (χ1v) is 4.97. The SMILES string of the molecule is CN(C)CCC(=O)NCc1cnn(C)c1. The molecule has 5 heteroatoms. The third kappa shape index (κ3) is 4.60. The molecule has 0 aliphatic rings. The summed E-state index contributed by atoms with van der Waals surface area (Å²) in [5, 5.41) is 6.87. The van der Waals surface area contributed by atoms with Gasteiger partial charge in [-0.1, -0.05) is 0 Å². The number of hydrogen-bond acceptors (Lipinski definition) is 3. The molecule has 5 nitrogen and oxygen atoms in total. The predicted octanol–water partition coefficient (Wildman–Crippen LogP) is -0.0120. The maximum atomic E-state index is 11.4. The van der Waals surface area contributed by atoms with Gasteiger partial charge in [0.05, 0.1) is 6.20 Å². The highest BCUT2D eigenvalue weighted by molar-refractivity contribution is 5.76. The van der Waals surface area contributed by atoms with Gasteiger partial charge < -0.3 is 10.2 Å². The highest BCUT2D eigenvalue weighted by atomic mass is 16.1. The zero-order valence-electron chi connectivity index (χ0n) is 9.53. The maximum absolute atomic E-state index is 11.4. The number of aromatic nitrogens is 2. The van der Waals surface area contributed by atoms with Gasteiger partial charge >= 0.3 is 0 Å². The summed E-state index contributed by atoms with van der Waals surface area (Å²) in [6.07, 6.45) is 4.19. The van der Waals surface area contributed by atoms with Crippen molar-refractivity contribution in [2.45, 2.75) is 13.0 Å². The molecule has 0 radical (unpaired) electrons. The fourth-order valence-corrected chi connectivity index (χ4v) is 1.18. The molecule has 1 N–H and O–H groups in total. The quantitative estimate of drug-likeness (QED) is 0.743. The summed E-state index contributed by atoms with van der Waals surface area (Å²) in [4.78, 5) is 13.4. The number of hydrogen-bond donors (Lipinski definition) is 1. The van der Waals surface area contributed by atoms with Gasteiger partial charge in [0.25, 0.3) is 0 Å². The van der Waals surface area contributed by atoms with Crippen LogP contribution in [0.3, 0.4) is 0 Å². The fourth-order valence-electron chi connectivity index (χ4n) is 1.18. The molecule has 0 aliphatic carbocycles. The van der Waals surface area contributed by atoms with Gasteiger partial charge in [-0.15, -0.1) is 0 Å². The van der Waals surface area contributed by atoms with E-state index in [9.17, 15) is 4.79 Å². The summed E-state index contributed by atoms with van der Waals surface area (Å²) in [6, 6.07) is 0. The first kappa shape index (κ1) is 11.7. The van der Waals surface area contributed by atoms with Crippen LogP contribution in [0.25, 0.3) is 0 Å². The smallest absolute Gasteiger partial charge is 0.221 e. The van der Waals surface area contributed by atoms with Gasteiger partial charge in [-0.05, 0) is 14.1 Å². The maximum Gasteiger partial charge on any atom is 0.221 e. The zero-order valence-corrected chi connectivity index (χ0v) is 9.53. The number of carbonyl (C=O) groups is 1. The van der Waals surface area contributed by atoms with Gasteiger partial charge in [-0.2, -0.15) is 5.10 Å². The third-order valence-electron chi connectivity index (χ3n) is 2.03. The van der Waals surface area contributed by atoms with Crippen LogP contribution in [0.2, 0.25) is 0 Å². The van der Waals surface area contributed by atoms with Gasteiger partial charge in [-0.25, -0.2) is 0 Å². The summed E-state index contributed by atoms with van der Waals surface area (Å²) in [5.74, 6) is 0.0764. The van der Waals surface area contributed by atoms with Crippen molar-refractivity contribution in [1.82, 2.24) is 20.0 Å². The van der Waals surface area contributed by atoms with Gasteiger partial charge in [0.1, 0.15) is 0 Å². The summed E-state index contributed by atoms with van der Waals surface area (Å²) in [7, 11) is 5.76. The van der Waals surface area contributed by atoms with E-state index in [1.54, 1.807) is 10.9 Å². The Bertz CT molecular complexity index is 319. The molecule has 1 aromatic rings. The molecule has 1 rings (SSSR count). The van der Waals surface area contributed by atoms with Gasteiger partial charge in [0.2, 0.25) is 5.91 Å². The van der Waals surface area contributed by atoms with Crippen molar-refractivity contribution < 1.29 is 4.79 Å². The lowest BCUT2D eigenvalue weighted by Crippen LogP contribution is -2.26. The molecule has 15 heavy (non-hydrogen) atoms. The summed E-state index contributed by atoms with van der Waals surface area (Å²) in [6.45, 7) is 1.33. The number of carbonyl (C=O) groups excluding carboxylic acids is 1. The Morgan fingerprint density at radius 3 is 2.87 bits per heavy atom. The van der Waals surface area contributed by atoms with Crippen molar-refractivity contribution >= 4 is 5.91 Å². The largest absolute Gasteiger partial charge is 0.352 e. The minimum atomic E-state index is 0.0764. The molecule has 0 aliphatic heterocycles. The fraction of sp³-hybridized carbons (Fsp3) is 0.600. The molecule has 84 valence electrons. The van der Waals surface area contributed by atoms with Crippen LogP contribution in [0.1, 0.15) is 12.0 Å². The number of nitrogens with one attached hydrogen (secondary N) is 1. The Morgan fingerprint density at radius 1 is 1.60 bits per heavy atom. The summed E-state index contributed by atoms with van der Waals surface area (Å²) >= 11 is 0.